The number of thiazole rings is 1. The number of hydrogen-bond acceptors (Lipinski definition) is 4. The van der Waals surface area contributed by atoms with Gasteiger partial charge in [-0.15, -0.1) is 11.3 Å². The number of amides is 1. The molecule has 1 amide bonds. The van der Waals surface area contributed by atoms with Crippen LogP contribution in [-0.4, -0.2) is 15.9 Å². The van der Waals surface area contributed by atoms with Gasteiger partial charge in [0, 0.05) is 34.9 Å². The van der Waals surface area contributed by atoms with E-state index in [1.807, 2.05) is 41.8 Å². The largest absolute Gasteiger partial charge is 0.352 e. The summed E-state index contributed by atoms with van der Waals surface area (Å²) < 4.78 is 0. The van der Waals surface area contributed by atoms with Crippen LogP contribution in [-0.2, 0) is 17.8 Å². The Kier molecular flexibility index (Phi) is 5.00. The highest BCUT2D eigenvalue weighted by molar-refractivity contribution is 7.13. The van der Waals surface area contributed by atoms with Crippen molar-refractivity contribution in [3.8, 4) is 10.6 Å². The summed E-state index contributed by atoms with van der Waals surface area (Å²) in [4.78, 5) is 20.5. The van der Waals surface area contributed by atoms with Crippen LogP contribution in [0.15, 0.2) is 54.2 Å². The minimum absolute atomic E-state index is 0.0727. The Labute approximate surface area is 143 Å². The van der Waals surface area contributed by atoms with Crippen molar-refractivity contribution in [3.05, 3.63) is 70.5 Å². The highest BCUT2D eigenvalue weighted by Crippen LogP contribution is 2.23. The predicted octanol–water partition coefficient (Wildman–Crippen LogP) is 3.72. The second kappa shape index (κ2) is 7.35. The summed E-state index contributed by atoms with van der Waals surface area (Å²) in [5.41, 5.74) is 2.67. The molecule has 1 N–H and O–H groups in total. The molecular weight excluding hydrogens is 330 g/mol. The van der Waals surface area contributed by atoms with Crippen LogP contribution in [0.3, 0.4) is 0 Å². The summed E-state index contributed by atoms with van der Waals surface area (Å²) in [6.07, 6.45) is 3.71. The minimum Gasteiger partial charge on any atom is -0.352 e. The second-order valence-corrected chi connectivity index (χ2v) is 6.19. The average molecular weight is 344 g/mol. The van der Waals surface area contributed by atoms with Gasteiger partial charge in [0.1, 0.15) is 5.01 Å². The molecule has 23 heavy (non-hydrogen) atoms. The molecule has 1 aromatic carbocycles. The molecule has 0 unspecified atom stereocenters. The van der Waals surface area contributed by atoms with Gasteiger partial charge in [-0.25, -0.2) is 4.98 Å². The van der Waals surface area contributed by atoms with Gasteiger partial charge in [0.05, 0.1) is 12.1 Å². The van der Waals surface area contributed by atoms with E-state index in [1.54, 1.807) is 12.4 Å². The number of aromatic nitrogens is 2. The van der Waals surface area contributed by atoms with Crippen molar-refractivity contribution in [2.45, 2.75) is 13.0 Å². The van der Waals surface area contributed by atoms with E-state index in [9.17, 15) is 4.79 Å². The number of hydrogen-bond donors (Lipinski definition) is 1. The maximum absolute atomic E-state index is 12.0. The third-order valence-corrected chi connectivity index (χ3v) is 4.56. The van der Waals surface area contributed by atoms with E-state index in [-0.39, 0.29) is 12.3 Å². The molecule has 0 aliphatic rings. The lowest BCUT2D eigenvalue weighted by Gasteiger charge is -2.05. The summed E-state index contributed by atoms with van der Waals surface area (Å²) in [6.45, 7) is 0.417. The van der Waals surface area contributed by atoms with E-state index in [1.165, 1.54) is 11.3 Å². The average Bonchev–Trinajstić information content (AvgIpc) is 3.03. The van der Waals surface area contributed by atoms with E-state index < -0.39 is 0 Å². The first kappa shape index (κ1) is 15.6. The van der Waals surface area contributed by atoms with Gasteiger partial charge in [0.25, 0.3) is 0 Å². The number of nitrogens with one attached hydrogen (secondary N) is 1. The molecule has 3 aromatic rings. The van der Waals surface area contributed by atoms with Gasteiger partial charge in [-0.1, -0.05) is 29.8 Å². The molecule has 116 valence electrons. The quantitative estimate of drug-likeness (QED) is 0.768. The number of pyridine rings is 1. The normalized spacial score (nSPS) is 10.5. The number of halogens is 1. The summed E-state index contributed by atoms with van der Waals surface area (Å²) >= 11 is 7.59. The zero-order valence-corrected chi connectivity index (χ0v) is 13.8. The first-order valence-electron chi connectivity index (χ1n) is 7.07. The lowest BCUT2D eigenvalue weighted by molar-refractivity contribution is -0.120. The fourth-order valence-corrected chi connectivity index (χ4v) is 3.11. The van der Waals surface area contributed by atoms with Crippen molar-refractivity contribution in [3.63, 3.8) is 0 Å². The topological polar surface area (TPSA) is 54.9 Å². The Morgan fingerprint density at radius 3 is 2.74 bits per heavy atom. The summed E-state index contributed by atoms with van der Waals surface area (Å²) in [6, 6.07) is 11.3. The zero-order chi connectivity index (χ0) is 16.1. The van der Waals surface area contributed by atoms with Crippen molar-refractivity contribution < 1.29 is 4.79 Å². The van der Waals surface area contributed by atoms with Crippen molar-refractivity contribution >= 4 is 28.8 Å². The molecule has 0 saturated heterocycles. The standard InChI is InChI=1S/C17H14ClN3OS/c18-15-4-2-1-3-13(15)10-20-16(22)9-14-11-23-17(21-14)12-5-7-19-8-6-12/h1-8,11H,9-10H2,(H,20,22). The van der Waals surface area contributed by atoms with Gasteiger partial charge in [-0.3, -0.25) is 9.78 Å². The molecule has 2 aromatic heterocycles. The molecular formula is C17H14ClN3OS. The lowest BCUT2D eigenvalue weighted by atomic mass is 10.2. The smallest absolute Gasteiger partial charge is 0.226 e. The molecule has 0 spiro atoms. The molecule has 0 radical (unpaired) electrons. The van der Waals surface area contributed by atoms with Crippen molar-refractivity contribution in [1.29, 1.82) is 0 Å². The molecule has 0 aliphatic carbocycles. The minimum atomic E-state index is -0.0727. The molecule has 3 rings (SSSR count). The zero-order valence-electron chi connectivity index (χ0n) is 12.2. The summed E-state index contributed by atoms with van der Waals surface area (Å²) in [5.74, 6) is -0.0727. The van der Waals surface area contributed by atoms with Crippen LogP contribution in [0.4, 0.5) is 0 Å². The van der Waals surface area contributed by atoms with Gasteiger partial charge in [-0.2, -0.15) is 0 Å². The first-order chi connectivity index (χ1) is 11.2. The number of nitrogens with zero attached hydrogens (tertiary/aromatic N) is 2. The fourth-order valence-electron chi connectivity index (χ4n) is 2.08. The first-order valence-corrected chi connectivity index (χ1v) is 8.33. The van der Waals surface area contributed by atoms with Gasteiger partial charge in [0.15, 0.2) is 0 Å². The number of carbonyl (C=O) groups excluding carboxylic acids is 1. The van der Waals surface area contributed by atoms with Crippen LogP contribution in [0.2, 0.25) is 5.02 Å². The van der Waals surface area contributed by atoms with E-state index in [0.717, 1.165) is 21.8 Å². The van der Waals surface area contributed by atoms with Crippen LogP contribution in [0.5, 0.6) is 0 Å². The van der Waals surface area contributed by atoms with Crippen LogP contribution < -0.4 is 5.32 Å². The molecule has 0 bridgehead atoms. The molecule has 0 fully saturated rings. The van der Waals surface area contributed by atoms with Crippen LogP contribution in [0.25, 0.3) is 10.6 Å². The molecule has 0 aliphatic heterocycles. The highest BCUT2D eigenvalue weighted by atomic mass is 35.5. The van der Waals surface area contributed by atoms with Crippen LogP contribution >= 0.6 is 22.9 Å². The molecule has 0 atom stereocenters. The Hall–Kier alpha value is -2.24. The van der Waals surface area contributed by atoms with E-state index in [4.69, 9.17) is 11.6 Å². The van der Waals surface area contributed by atoms with Gasteiger partial charge >= 0.3 is 0 Å². The molecule has 6 heteroatoms. The van der Waals surface area contributed by atoms with E-state index >= 15 is 0 Å². The van der Waals surface area contributed by atoms with Crippen LogP contribution in [0, 0.1) is 0 Å². The van der Waals surface area contributed by atoms with Crippen molar-refractivity contribution in [2.24, 2.45) is 0 Å². The summed E-state index contributed by atoms with van der Waals surface area (Å²) in [5, 5.41) is 6.32. The summed E-state index contributed by atoms with van der Waals surface area (Å²) in [7, 11) is 0. The third-order valence-electron chi connectivity index (χ3n) is 3.25. The lowest BCUT2D eigenvalue weighted by Crippen LogP contribution is -2.24. The number of benzene rings is 1. The Balaban J connectivity index is 1.58. The molecule has 0 saturated carbocycles. The van der Waals surface area contributed by atoms with Crippen molar-refractivity contribution in [2.75, 3.05) is 0 Å². The van der Waals surface area contributed by atoms with Gasteiger partial charge in [-0.05, 0) is 23.8 Å². The Bertz CT molecular complexity index is 804. The van der Waals surface area contributed by atoms with Crippen LogP contribution in [0.1, 0.15) is 11.3 Å². The van der Waals surface area contributed by atoms with Gasteiger partial charge < -0.3 is 5.32 Å². The second-order valence-electron chi connectivity index (χ2n) is 4.92. The Morgan fingerprint density at radius 2 is 1.96 bits per heavy atom. The number of rotatable bonds is 5. The SMILES string of the molecule is O=C(Cc1csc(-c2ccncc2)n1)NCc1ccccc1Cl. The highest BCUT2D eigenvalue weighted by Gasteiger charge is 2.09. The van der Waals surface area contributed by atoms with E-state index in [0.29, 0.717) is 11.6 Å². The number of carbonyl (C=O) groups is 1. The van der Waals surface area contributed by atoms with Crippen molar-refractivity contribution in [1.82, 2.24) is 15.3 Å². The third kappa shape index (κ3) is 4.15. The maximum atomic E-state index is 12.0. The Morgan fingerprint density at radius 1 is 1.17 bits per heavy atom. The molecule has 4 nitrogen and oxygen atoms in total. The monoisotopic (exact) mass is 343 g/mol. The maximum Gasteiger partial charge on any atom is 0.226 e. The van der Waals surface area contributed by atoms with Gasteiger partial charge in [0.2, 0.25) is 5.91 Å². The molecule has 2 heterocycles. The fraction of sp³-hybridized carbons (Fsp3) is 0.118. The predicted molar refractivity (Wildman–Crippen MR) is 92.3 cm³/mol. The van der Waals surface area contributed by atoms with E-state index in [2.05, 4.69) is 15.3 Å².